The van der Waals surface area contributed by atoms with Crippen molar-refractivity contribution in [3.05, 3.63) is 34.4 Å². The number of ether oxygens (including phenoxy) is 3. The number of carbonyl (C=O) groups is 2. The first-order valence-corrected chi connectivity index (χ1v) is 11.5. The van der Waals surface area contributed by atoms with E-state index in [0.29, 0.717) is 24.4 Å². The molecule has 1 aromatic rings. The fourth-order valence-electron chi connectivity index (χ4n) is 4.28. The van der Waals surface area contributed by atoms with Gasteiger partial charge in [0.1, 0.15) is 17.1 Å². The van der Waals surface area contributed by atoms with Crippen molar-refractivity contribution in [2.24, 2.45) is 0 Å². The molecule has 0 N–H and O–H groups in total. The van der Waals surface area contributed by atoms with Gasteiger partial charge in [-0.1, -0.05) is 47.6 Å². The number of hydrogen-bond acceptors (Lipinski definition) is 5. The van der Waals surface area contributed by atoms with Crippen molar-refractivity contribution < 1.29 is 23.8 Å². The van der Waals surface area contributed by atoms with Crippen molar-refractivity contribution in [2.45, 2.75) is 105 Å². The molecule has 5 nitrogen and oxygen atoms in total. The molecule has 1 atom stereocenters. The number of esters is 2. The molecule has 0 radical (unpaired) electrons. The molecule has 32 heavy (non-hydrogen) atoms. The molecule has 0 bridgehead atoms. The second-order valence-electron chi connectivity index (χ2n) is 11.1. The molecule has 1 unspecified atom stereocenters. The quantitative estimate of drug-likeness (QED) is 0.297. The molecule has 5 heteroatoms. The first-order chi connectivity index (χ1) is 14.6. The first-order valence-electron chi connectivity index (χ1n) is 11.5. The monoisotopic (exact) mass is 444 g/mol. The number of hydrogen-bond donors (Lipinski definition) is 0. The fraction of sp³-hybridized carbons (Fsp3) is 0.630. The van der Waals surface area contributed by atoms with Gasteiger partial charge >= 0.3 is 11.9 Å². The van der Waals surface area contributed by atoms with E-state index in [2.05, 4.69) is 48.5 Å². The number of fused-ring (bicyclic) bond motifs is 1. The van der Waals surface area contributed by atoms with Gasteiger partial charge in [-0.2, -0.15) is 0 Å². The van der Waals surface area contributed by atoms with Gasteiger partial charge in [-0.15, -0.1) is 0 Å². The van der Waals surface area contributed by atoms with Crippen LogP contribution in [0.15, 0.2) is 17.7 Å². The van der Waals surface area contributed by atoms with Gasteiger partial charge in [0, 0.05) is 35.6 Å². The molecule has 1 aliphatic heterocycles. The van der Waals surface area contributed by atoms with E-state index < -0.39 is 5.60 Å². The van der Waals surface area contributed by atoms with Crippen LogP contribution in [0.3, 0.4) is 0 Å². The largest absolute Gasteiger partial charge is 0.487 e. The molecular formula is C27H40O5. The second-order valence-corrected chi connectivity index (χ2v) is 11.1. The summed E-state index contributed by atoms with van der Waals surface area (Å²) in [6.07, 6.45) is 4.11. The summed E-state index contributed by atoms with van der Waals surface area (Å²) >= 11 is 0. The van der Waals surface area contributed by atoms with Gasteiger partial charge in [-0.25, -0.2) is 4.79 Å². The third-order valence-electron chi connectivity index (χ3n) is 5.78. The van der Waals surface area contributed by atoms with Gasteiger partial charge in [0.05, 0.1) is 6.61 Å². The van der Waals surface area contributed by atoms with Crippen molar-refractivity contribution in [1.29, 1.82) is 0 Å². The maximum atomic E-state index is 12.0. The van der Waals surface area contributed by atoms with Crippen molar-refractivity contribution in [2.75, 3.05) is 6.61 Å². The normalized spacial score (nSPS) is 18.8. The molecule has 0 aromatic heterocycles. The first kappa shape index (κ1) is 26.0. The summed E-state index contributed by atoms with van der Waals surface area (Å²) in [5.41, 5.74) is 2.88. The zero-order valence-electron chi connectivity index (χ0n) is 21.5. The summed E-state index contributed by atoms with van der Waals surface area (Å²) in [4.78, 5) is 23.9. The van der Waals surface area contributed by atoms with Crippen LogP contribution >= 0.6 is 0 Å². The van der Waals surface area contributed by atoms with E-state index in [1.54, 1.807) is 13.8 Å². The van der Waals surface area contributed by atoms with Crippen molar-refractivity contribution in [3.63, 3.8) is 0 Å². The SMILES string of the molecule is CCOC(=O)/C(C)=C\CCC1(C)Cc2c(cc(C(C)(C)C)c(OC(C)=O)c2C(C)(C)C)O1. The Labute approximate surface area is 193 Å². The van der Waals surface area contributed by atoms with E-state index >= 15 is 0 Å². The molecule has 0 fully saturated rings. The van der Waals surface area contributed by atoms with Crippen molar-refractivity contribution in [1.82, 2.24) is 0 Å². The highest BCUT2D eigenvalue weighted by molar-refractivity contribution is 5.87. The fourth-order valence-corrected chi connectivity index (χ4v) is 4.28. The van der Waals surface area contributed by atoms with E-state index in [4.69, 9.17) is 14.2 Å². The molecule has 178 valence electrons. The van der Waals surface area contributed by atoms with Gasteiger partial charge in [0.25, 0.3) is 0 Å². The standard InChI is InChI=1S/C27H40O5/c1-11-30-24(29)17(2)13-12-14-27(10)16-19-21(32-27)15-20(25(4,5)6)23(31-18(3)28)22(19)26(7,8)9/h13,15H,11-12,14,16H2,1-10H3/b17-13-. The van der Waals surface area contributed by atoms with Gasteiger partial charge in [-0.05, 0) is 50.5 Å². The smallest absolute Gasteiger partial charge is 0.333 e. The number of rotatable bonds is 6. The van der Waals surface area contributed by atoms with Gasteiger partial charge in [0.2, 0.25) is 0 Å². The van der Waals surface area contributed by atoms with Crippen molar-refractivity contribution in [3.8, 4) is 11.5 Å². The summed E-state index contributed by atoms with van der Waals surface area (Å²) in [6, 6.07) is 2.05. The van der Waals surface area contributed by atoms with Gasteiger partial charge in [0.15, 0.2) is 0 Å². The number of carbonyl (C=O) groups excluding carboxylic acids is 2. The molecule has 0 spiro atoms. The van der Waals surface area contributed by atoms with E-state index in [0.717, 1.165) is 35.3 Å². The predicted molar refractivity (Wildman–Crippen MR) is 128 cm³/mol. The van der Waals surface area contributed by atoms with Crippen LogP contribution in [-0.2, 0) is 31.6 Å². The highest BCUT2D eigenvalue weighted by Gasteiger charge is 2.41. The topological polar surface area (TPSA) is 61.8 Å². The predicted octanol–water partition coefficient (Wildman–Crippen LogP) is 6.19. The van der Waals surface area contributed by atoms with Gasteiger partial charge in [-0.3, -0.25) is 4.79 Å². The third kappa shape index (κ3) is 5.93. The molecule has 1 aliphatic rings. The summed E-state index contributed by atoms with van der Waals surface area (Å²) in [6.45, 7) is 20.3. The Morgan fingerprint density at radius 3 is 2.25 bits per heavy atom. The summed E-state index contributed by atoms with van der Waals surface area (Å²) in [5.74, 6) is 0.942. The lowest BCUT2D eigenvalue weighted by molar-refractivity contribution is -0.138. The Morgan fingerprint density at radius 1 is 1.12 bits per heavy atom. The average Bonchev–Trinajstić information content (AvgIpc) is 2.94. The lowest BCUT2D eigenvalue weighted by Gasteiger charge is -2.30. The second kappa shape index (κ2) is 9.29. The lowest BCUT2D eigenvalue weighted by atomic mass is 9.75. The maximum absolute atomic E-state index is 12.0. The lowest BCUT2D eigenvalue weighted by Crippen LogP contribution is -2.30. The van der Waals surface area contributed by atoms with Crippen LogP contribution in [0.1, 0.15) is 98.8 Å². The average molecular weight is 445 g/mol. The van der Waals surface area contributed by atoms with Crippen LogP contribution in [0.2, 0.25) is 0 Å². The Kier molecular flexibility index (Phi) is 7.53. The van der Waals surface area contributed by atoms with E-state index in [1.165, 1.54) is 6.92 Å². The molecular weight excluding hydrogens is 404 g/mol. The van der Waals surface area contributed by atoms with Crippen LogP contribution in [0.4, 0.5) is 0 Å². The Hall–Kier alpha value is -2.30. The molecule has 1 heterocycles. The maximum Gasteiger partial charge on any atom is 0.333 e. The zero-order chi connectivity index (χ0) is 24.5. The van der Waals surface area contributed by atoms with Crippen molar-refractivity contribution >= 4 is 11.9 Å². The molecule has 0 saturated heterocycles. The highest BCUT2D eigenvalue weighted by atomic mass is 16.5. The molecule has 2 rings (SSSR count). The van der Waals surface area contributed by atoms with E-state index in [9.17, 15) is 9.59 Å². The van der Waals surface area contributed by atoms with Crippen LogP contribution in [0, 0.1) is 0 Å². The minimum absolute atomic E-state index is 0.221. The molecule has 1 aromatic carbocycles. The molecule has 0 aliphatic carbocycles. The van der Waals surface area contributed by atoms with Crippen LogP contribution in [0.5, 0.6) is 11.5 Å². The number of benzene rings is 1. The number of allylic oxidation sites excluding steroid dienone is 1. The molecule has 0 amide bonds. The van der Waals surface area contributed by atoms with Crippen LogP contribution in [0.25, 0.3) is 0 Å². The summed E-state index contributed by atoms with van der Waals surface area (Å²) in [7, 11) is 0. The van der Waals surface area contributed by atoms with Crippen LogP contribution < -0.4 is 9.47 Å². The minimum Gasteiger partial charge on any atom is -0.487 e. The van der Waals surface area contributed by atoms with Crippen LogP contribution in [-0.4, -0.2) is 24.1 Å². The van der Waals surface area contributed by atoms with E-state index in [-0.39, 0.29) is 22.8 Å². The van der Waals surface area contributed by atoms with Gasteiger partial charge < -0.3 is 14.2 Å². The zero-order valence-corrected chi connectivity index (χ0v) is 21.5. The Morgan fingerprint density at radius 2 is 1.75 bits per heavy atom. The highest BCUT2D eigenvalue weighted by Crippen LogP contribution is 2.50. The minimum atomic E-state index is -0.405. The molecule has 0 saturated carbocycles. The van der Waals surface area contributed by atoms with E-state index in [1.807, 2.05) is 12.1 Å². The Balaban J connectivity index is 2.46. The summed E-state index contributed by atoms with van der Waals surface area (Å²) < 4.78 is 17.4. The summed E-state index contributed by atoms with van der Waals surface area (Å²) in [5, 5.41) is 0. The third-order valence-corrected chi connectivity index (χ3v) is 5.78. The Bertz CT molecular complexity index is 911.